The molecule has 0 bridgehead atoms. The zero-order valence-corrected chi connectivity index (χ0v) is 19.3. The SMILES string of the molecule is CCCCCCCCCCCCCCCCCCCCCCCC[C@@H](O)C=O. The van der Waals surface area contributed by atoms with E-state index in [9.17, 15) is 4.79 Å². The van der Waals surface area contributed by atoms with Gasteiger partial charge in [0.25, 0.3) is 0 Å². The Morgan fingerprint density at radius 3 is 1.00 bits per heavy atom. The summed E-state index contributed by atoms with van der Waals surface area (Å²) in [6.45, 7) is 2.29. The summed E-state index contributed by atoms with van der Waals surface area (Å²) in [4.78, 5) is 10.3. The average molecular weight is 397 g/mol. The molecule has 0 unspecified atom stereocenters. The predicted octanol–water partition coefficient (Wildman–Crippen LogP) is 8.54. The summed E-state index contributed by atoms with van der Waals surface area (Å²) in [6.07, 6.45) is 31.1. The quantitative estimate of drug-likeness (QED) is 0.131. The number of carbonyl (C=O) groups is 1. The number of aldehydes is 1. The minimum atomic E-state index is -0.731. The van der Waals surface area contributed by atoms with Crippen LogP contribution in [0.2, 0.25) is 0 Å². The van der Waals surface area contributed by atoms with Crippen molar-refractivity contribution in [3.8, 4) is 0 Å². The highest BCUT2D eigenvalue weighted by molar-refractivity contribution is 5.55. The number of carbonyl (C=O) groups excluding carboxylic acids is 1. The van der Waals surface area contributed by atoms with Gasteiger partial charge in [-0.25, -0.2) is 0 Å². The van der Waals surface area contributed by atoms with E-state index in [1.807, 2.05) is 0 Å². The van der Waals surface area contributed by atoms with Crippen molar-refractivity contribution in [3.05, 3.63) is 0 Å². The van der Waals surface area contributed by atoms with Crippen molar-refractivity contribution in [1.82, 2.24) is 0 Å². The van der Waals surface area contributed by atoms with E-state index in [1.54, 1.807) is 0 Å². The molecule has 168 valence electrons. The van der Waals surface area contributed by atoms with Crippen LogP contribution in [0.4, 0.5) is 0 Å². The number of aliphatic hydroxyl groups is 1. The Bertz CT molecular complexity index is 290. The van der Waals surface area contributed by atoms with Gasteiger partial charge in [0, 0.05) is 0 Å². The second kappa shape index (κ2) is 24.7. The first-order valence-corrected chi connectivity index (χ1v) is 12.9. The lowest BCUT2D eigenvalue weighted by atomic mass is 10.0. The Hall–Kier alpha value is -0.370. The first kappa shape index (κ1) is 27.6. The fourth-order valence-corrected chi connectivity index (χ4v) is 4.03. The van der Waals surface area contributed by atoms with Crippen molar-refractivity contribution in [2.24, 2.45) is 0 Å². The molecule has 0 aliphatic carbocycles. The van der Waals surface area contributed by atoms with Crippen molar-refractivity contribution >= 4 is 6.29 Å². The molecule has 0 radical (unpaired) electrons. The van der Waals surface area contributed by atoms with Gasteiger partial charge in [-0.1, -0.05) is 148 Å². The largest absolute Gasteiger partial charge is 0.386 e. The molecule has 0 spiro atoms. The summed E-state index contributed by atoms with van der Waals surface area (Å²) in [7, 11) is 0. The van der Waals surface area contributed by atoms with Crippen LogP contribution in [0.15, 0.2) is 0 Å². The van der Waals surface area contributed by atoms with E-state index in [4.69, 9.17) is 5.11 Å². The molecule has 0 aromatic rings. The zero-order valence-electron chi connectivity index (χ0n) is 19.3. The second-order valence-corrected chi connectivity index (χ2v) is 8.92. The number of hydrogen-bond acceptors (Lipinski definition) is 2. The maximum atomic E-state index is 10.3. The van der Waals surface area contributed by atoms with Crippen molar-refractivity contribution in [3.63, 3.8) is 0 Å². The van der Waals surface area contributed by atoms with Gasteiger partial charge in [-0.15, -0.1) is 0 Å². The van der Waals surface area contributed by atoms with Gasteiger partial charge in [0.2, 0.25) is 0 Å². The molecule has 0 saturated heterocycles. The van der Waals surface area contributed by atoms with Gasteiger partial charge in [0.15, 0.2) is 0 Å². The topological polar surface area (TPSA) is 37.3 Å². The molecule has 1 atom stereocenters. The Morgan fingerprint density at radius 2 is 0.750 bits per heavy atom. The summed E-state index contributed by atoms with van der Waals surface area (Å²) in [6, 6.07) is 0. The maximum absolute atomic E-state index is 10.3. The molecule has 0 aliphatic heterocycles. The molecule has 0 heterocycles. The van der Waals surface area contributed by atoms with Crippen molar-refractivity contribution < 1.29 is 9.90 Å². The van der Waals surface area contributed by atoms with E-state index in [1.165, 1.54) is 128 Å². The zero-order chi connectivity index (χ0) is 20.5. The minimum Gasteiger partial charge on any atom is -0.386 e. The molecule has 2 heteroatoms. The third-order valence-corrected chi connectivity index (χ3v) is 6.01. The fourth-order valence-electron chi connectivity index (χ4n) is 4.03. The van der Waals surface area contributed by atoms with E-state index in [0.717, 1.165) is 12.8 Å². The van der Waals surface area contributed by atoms with Crippen LogP contribution in [0.5, 0.6) is 0 Å². The Balaban J connectivity index is 3.00. The molecule has 0 rings (SSSR count). The van der Waals surface area contributed by atoms with Crippen LogP contribution < -0.4 is 0 Å². The highest BCUT2D eigenvalue weighted by Gasteiger charge is 2.00. The summed E-state index contributed by atoms with van der Waals surface area (Å²) in [5.74, 6) is 0. The first-order valence-electron chi connectivity index (χ1n) is 12.9. The summed E-state index contributed by atoms with van der Waals surface area (Å²) < 4.78 is 0. The molecule has 28 heavy (non-hydrogen) atoms. The predicted molar refractivity (Wildman–Crippen MR) is 124 cm³/mol. The summed E-state index contributed by atoms with van der Waals surface area (Å²) in [5.41, 5.74) is 0. The first-order chi connectivity index (χ1) is 13.8. The normalized spacial score (nSPS) is 12.4. The lowest BCUT2D eigenvalue weighted by Gasteiger charge is -2.04. The van der Waals surface area contributed by atoms with Crippen LogP contribution in [-0.2, 0) is 4.79 Å². The molecule has 2 nitrogen and oxygen atoms in total. The van der Waals surface area contributed by atoms with Gasteiger partial charge >= 0.3 is 0 Å². The van der Waals surface area contributed by atoms with E-state index < -0.39 is 6.10 Å². The van der Waals surface area contributed by atoms with Crippen LogP contribution in [0.1, 0.15) is 155 Å². The molecule has 1 N–H and O–H groups in total. The number of rotatable bonds is 24. The van der Waals surface area contributed by atoms with Crippen LogP contribution in [0.25, 0.3) is 0 Å². The third kappa shape index (κ3) is 23.7. The molecule has 0 aromatic heterocycles. The second-order valence-electron chi connectivity index (χ2n) is 8.92. The summed E-state index contributed by atoms with van der Waals surface area (Å²) in [5, 5.41) is 9.16. The lowest BCUT2D eigenvalue weighted by molar-refractivity contribution is -0.115. The molecular weight excluding hydrogens is 344 g/mol. The molecule has 0 amide bonds. The molecule has 0 saturated carbocycles. The smallest absolute Gasteiger partial charge is 0.148 e. The molecule has 0 aromatic carbocycles. The Kier molecular flexibility index (Phi) is 24.3. The van der Waals surface area contributed by atoms with Gasteiger partial charge in [-0.3, -0.25) is 0 Å². The van der Waals surface area contributed by atoms with Gasteiger partial charge in [-0.2, -0.15) is 0 Å². The van der Waals surface area contributed by atoms with Crippen LogP contribution in [0, 0.1) is 0 Å². The van der Waals surface area contributed by atoms with Crippen LogP contribution >= 0.6 is 0 Å². The lowest BCUT2D eigenvalue weighted by Crippen LogP contribution is -2.06. The van der Waals surface area contributed by atoms with Crippen LogP contribution in [-0.4, -0.2) is 17.5 Å². The van der Waals surface area contributed by atoms with Gasteiger partial charge < -0.3 is 9.90 Å². The van der Waals surface area contributed by atoms with E-state index in [-0.39, 0.29) is 0 Å². The van der Waals surface area contributed by atoms with E-state index >= 15 is 0 Å². The molecule has 0 aliphatic rings. The number of aliphatic hydroxyl groups excluding tert-OH is 1. The Labute approximate surface area is 177 Å². The van der Waals surface area contributed by atoms with Crippen molar-refractivity contribution in [2.45, 2.75) is 161 Å². The monoisotopic (exact) mass is 396 g/mol. The van der Waals surface area contributed by atoms with Gasteiger partial charge in [0.05, 0.1) is 0 Å². The maximum Gasteiger partial charge on any atom is 0.148 e. The van der Waals surface area contributed by atoms with E-state index in [2.05, 4.69) is 6.92 Å². The minimum absolute atomic E-state index is 0.641. The summed E-state index contributed by atoms with van der Waals surface area (Å²) >= 11 is 0. The van der Waals surface area contributed by atoms with Gasteiger partial charge in [-0.05, 0) is 6.42 Å². The number of hydrogen-bond donors (Lipinski definition) is 1. The molecule has 0 fully saturated rings. The number of unbranched alkanes of at least 4 members (excludes halogenated alkanes) is 21. The van der Waals surface area contributed by atoms with Crippen molar-refractivity contribution in [1.29, 1.82) is 0 Å². The third-order valence-electron chi connectivity index (χ3n) is 6.01. The Morgan fingerprint density at radius 1 is 0.500 bits per heavy atom. The fraction of sp³-hybridized carbons (Fsp3) is 0.962. The van der Waals surface area contributed by atoms with Gasteiger partial charge in [0.1, 0.15) is 12.4 Å². The molecular formula is C26H52O2. The van der Waals surface area contributed by atoms with E-state index in [0.29, 0.717) is 12.7 Å². The van der Waals surface area contributed by atoms with Crippen LogP contribution in [0.3, 0.4) is 0 Å². The standard InChI is InChI=1S/C26H52O2/c1-2-3-4-5-6-7-8-9-10-11-12-13-14-15-16-17-18-19-20-21-22-23-24-26(28)25-27/h25-26,28H,2-24H2,1H3/t26-/m1/s1. The average Bonchev–Trinajstić information content (AvgIpc) is 2.71. The van der Waals surface area contributed by atoms with Crippen molar-refractivity contribution in [2.75, 3.05) is 0 Å². The highest BCUT2D eigenvalue weighted by Crippen LogP contribution is 2.15. The highest BCUT2D eigenvalue weighted by atomic mass is 16.3.